The summed E-state index contributed by atoms with van der Waals surface area (Å²) in [6.45, 7) is 0.0994. The van der Waals surface area contributed by atoms with Crippen LogP contribution in [-0.2, 0) is 14.6 Å². The molecule has 20 heavy (non-hydrogen) atoms. The molecule has 0 aromatic heterocycles. The molecule has 1 aromatic rings. The van der Waals surface area contributed by atoms with Gasteiger partial charge in [-0.05, 0) is 30.7 Å². The fourth-order valence-electron chi connectivity index (χ4n) is 2.18. The van der Waals surface area contributed by atoms with Crippen molar-refractivity contribution in [1.29, 1.82) is 0 Å². The van der Waals surface area contributed by atoms with Gasteiger partial charge in [-0.1, -0.05) is 0 Å². The molecule has 1 fully saturated rings. The van der Waals surface area contributed by atoms with Crippen LogP contribution in [0.5, 0.6) is 0 Å². The molecule has 2 rings (SSSR count). The van der Waals surface area contributed by atoms with Crippen LogP contribution in [0, 0.1) is 5.82 Å². The van der Waals surface area contributed by atoms with Gasteiger partial charge in [-0.25, -0.2) is 12.8 Å². The number of hydrogen-bond donors (Lipinski definition) is 1. The monoisotopic (exact) mass is 300 g/mol. The summed E-state index contributed by atoms with van der Waals surface area (Å²) in [5.41, 5.74) is 0.723. The van der Waals surface area contributed by atoms with E-state index in [0.29, 0.717) is 6.42 Å². The number of carbonyl (C=O) groups excluding carboxylic acids is 1. The standard InChI is InChI=1S/C13H17FN2O3S/c1-16(12-4-2-10(14)3-5-12)8-13(17)15-11-6-7-20(18,19)9-11/h2-5,11H,6-9H2,1H3,(H,15,17)/t11-/m0/s1. The Hall–Kier alpha value is -1.63. The highest BCUT2D eigenvalue weighted by molar-refractivity contribution is 7.91. The van der Waals surface area contributed by atoms with Crippen molar-refractivity contribution >= 4 is 21.4 Å². The summed E-state index contributed by atoms with van der Waals surface area (Å²) in [5, 5.41) is 2.71. The number of hydrogen-bond acceptors (Lipinski definition) is 4. The lowest BCUT2D eigenvalue weighted by molar-refractivity contribution is -0.120. The highest BCUT2D eigenvalue weighted by atomic mass is 32.2. The van der Waals surface area contributed by atoms with Crippen LogP contribution in [-0.4, -0.2) is 45.5 Å². The molecular weight excluding hydrogens is 283 g/mol. The van der Waals surface area contributed by atoms with E-state index in [2.05, 4.69) is 5.32 Å². The third-order valence-corrected chi connectivity index (χ3v) is 5.01. The molecule has 5 nitrogen and oxygen atoms in total. The Kier molecular flexibility index (Phi) is 4.27. The van der Waals surface area contributed by atoms with Crippen molar-refractivity contribution in [1.82, 2.24) is 5.32 Å². The van der Waals surface area contributed by atoms with Gasteiger partial charge in [-0.3, -0.25) is 4.79 Å². The maximum absolute atomic E-state index is 12.8. The van der Waals surface area contributed by atoms with Gasteiger partial charge < -0.3 is 10.2 Å². The quantitative estimate of drug-likeness (QED) is 0.882. The largest absolute Gasteiger partial charge is 0.365 e. The highest BCUT2D eigenvalue weighted by Crippen LogP contribution is 2.14. The minimum Gasteiger partial charge on any atom is -0.365 e. The molecule has 0 spiro atoms. The van der Waals surface area contributed by atoms with Crippen LogP contribution in [0.25, 0.3) is 0 Å². The lowest BCUT2D eigenvalue weighted by Gasteiger charge is -2.20. The fraction of sp³-hybridized carbons (Fsp3) is 0.462. The van der Waals surface area contributed by atoms with Gasteiger partial charge in [-0.15, -0.1) is 0 Å². The Morgan fingerprint density at radius 2 is 2.05 bits per heavy atom. The van der Waals surface area contributed by atoms with E-state index in [4.69, 9.17) is 0 Å². The summed E-state index contributed by atoms with van der Waals surface area (Å²) in [6, 6.07) is 5.53. The van der Waals surface area contributed by atoms with E-state index in [1.807, 2.05) is 0 Å². The first-order valence-electron chi connectivity index (χ1n) is 6.32. The molecule has 0 aliphatic carbocycles. The van der Waals surface area contributed by atoms with Crippen LogP contribution in [0.2, 0.25) is 0 Å². The number of anilines is 1. The predicted molar refractivity (Wildman–Crippen MR) is 74.9 cm³/mol. The second-order valence-corrected chi connectivity index (χ2v) is 7.23. The van der Waals surface area contributed by atoms with Crippen molar-refractivity contribution in [3.8, 4) is 0 Å². The number of amides is 1. The number of benzene rings is 1. The molecule has 1 N–H and O–H groups in total. The second kappa shape index (κ2) is 5.78. The molecule has 1 atom stereocenters. The number of carbonyl (C=O) groups is 1. The minimum absolute atomic E-state index is 0.0129. The molecule has 110 valence electrons. The fourth-order valence-corrected chi connectivity index (χ4v) is 3.86. The smallest absolute Gasteiger partial charge is 0.239 e. The van der Waals surface area contributed by atoms with Crippen LogP contribution in [0.1, 0.15) is 6.42 Å². The number of halogens is 1. The van der Waals surface area contributed by atoms with Gasteiger partial charge in [0, 0.05) is 18.8 Å². The first-order chi connectivity index (χ1) is 9.35. The maximum Gasteiger partial charge on any atom is 0.239 e. The number of rotatable bonds is 4. The van der Waals surface area contributed by atoms with Crippen LogP contribution >= 0.6 is 0 Å². The molecule has 0 unspecified atom stereocenters. The lowest BCUT2D eigenvalue weighted by atomic mass is 10.2. The summed E-state index contributed by atoms with van der Waals surface area (Å²) < 4.78 is 35.4. The molecule has 1 amide bonds. The van der Waals surface area contributed by atoms with Crippen molar-refractivity contribution in [3.05, 3.63) is 30.1 Å². The zero-order valence-corrected chi connectivity index (χ0v) is 12.0. The lowest BCUT2D eigenvalue weighted by Crippen LogP contribution is -2.41. The van der Waals surface area contributed by atoms with Gasteiger partial charge in [0.05, 0.1) is 18.1 Å². The number of sulfone groups is 1. The molecule has 1 heterocycles. The maximum atomic E-state index is 12.8. The van der Waals surface area contributed by atoms with E-state index in [1.54, 1.807) is 24.1 Å². The zero-order valence-electron chi connectivity index (χ0n) is 11.2. The summed E-state index contributed by atoms with van der Waals surface area (Å²) in [7, 11) is -1.28. The third kappa shape index (κ3) is 3.93. The van der Waals surface area contributed by atoms with Crippen molar-refractivity contribution in [2.24, 2.45) is 0 Å². The number of nitrogens with zero attached hydrogens (tertiary/aromatic N) is 1. The van der Waals surface area contributed by atoms with Crippen LogP contribution < -0.4 is 10.2 Å². The molecule has 1 aliphatic heterocycles. The van der Waals surface area contributed by atoms with Crippen LogP contribution in [0.15, 0.2) is 24.3 Å². The normalized spacial score (nSPS) is 20.6. The Morgan fingerprint density at radius 3 is 2.60 bits per heavy atom. The van der Waals surface area contributed by atoms with Crippen molar-refractivity contribution in [2.45, 2.75) is 12.5 Å². The summed E-state index contributed by atoms with van der Waals surface area (Å²) >= 11 is 0. The molecule has 1 aliphatic rings. The van der Waals surface area contributed by atoms with Gasteiger partial charge in [-0.2, -0.15) is 0 Å². The third-order valence-electron chi connectivity index (χ3n) is 3.25. The van der Waals surface area contributed by atoms with Crippen molar-refractivity contribution in [2.75, 3.05) is 30.0 Å². The van der Waals surface area contributed by atoms with E-state index in [9.17, 15) is 17.6 Å². The first-order valence-corrected chi connectivity index (χ1v) is 8.14. The Labute approximate surface area is 117 Å². The number of likely N-dealkylation sites (N-methyl/N-ethyl adjacent to an activating group) is 1. The zero-order chi connectivity index (χ0) is 14.8. The van der Waals surface area contributed by atoms with E-state index in [-0.39, 0.29) is 35.8 Å². The van der Waals surface area contributed by atoms with Crippen LogP contribution in [0.4, 0.5) is 10.1 Å². The van der Waals surface area contributed by atoms with Gasteiger partial charge in [0.2, 0.25) is 5.91 Å². The average Bonchev–Trinajstić information content (AvgIpc) is 2.69. The van der Waals surface area contributed by atoms with Crippen LogP contribution in [0.3, 0.4) is 0 Å². The Bertz CT molecular complexity index is 586. The van der Waals surface area contributed by atoms with Gasteiger partial charge in [0.25, 0.3) is 0 Å². The first kappa shape index (κ1) is 14.8. The molecule has 1 aromatic carbocycles. The van der Waals surface area contributed by atoms with Gasteiger partial charge in [0.1, 0.15) is 5.82 Å². The molecule has 0 radical (unpaired) electrons. The average molecular weight is 300 g/mol. The van der Waals surface area contributed by atoms with E-state index in [0.717, 1.165) is 5.69 Å². The van der Waals surface area contributed by atoms with E-state index in [1.165, 1.54) is 12.1 Å². The summed E-state index contributed by atoms with van der Waals surface area (Å²) in [4.78, 5) is 13.5. The molecule has 7 heteroatoms. The summed E-state index contributed by atoms with van der Waals surface area (Å²) in [6.07, 6.45) is 0.467. The van der Waals surface area contributed by atoms with Crippen molar-refractivity contribution < 1.29 is 17.6 Å². The summed E-state index contributed by atoms with van der Waals surface area (Å²) in [5.74, 6) is -0.424. The topological polar surface area (TPSA) is 66.5 Å². The Morgan fingerprint density at radius 1 is 1.40 bits per heavy atom. The van der Waals surface area contributed by atoms with E-state index < -0.39 is 9.84 Å². The molecule has 0 bridgehead atoms. The highest BCUT2D eigenvalue weighted by Gasteiger charge is 2.28. The molecule has 1 saturated heterocycles. The van der Waals surface area contributed by atoms with Gasteiger partial charge >= 0.3 is 0 Å². The predicted octanol–water partition coefficient (Wildman–Crippen LogP) is 0.565. The molecular formula is C13H17FN2O3S. The minimum atomic E-state index is -3.00. The second-order valence-electron chi connectivity index (χ2n) is 5.00. The van der Waals surface area contributed by atoms with E-state index >= 15 is 0 Å². The van der Waals surface area contributed by atoms with Gasteiger partial charge in [0.15, 0.2) is 9.84 Å². The molecule has 0 saturated carbocycles. The Balaban J connectivity index is 1.87. The van der Waals surface area contributed by atoms with Crippen molar-refractivity contribution in [3.63, 3.8) is 0 Å². The number of nitrogens with one attached hydrogen (secondary N) is 1. The SMILES string of the molecule is CN(CC(=O)N[C@H]1CCS(=O)(=O)C1)c1ccc(F)cc1.